The molecule has 0 aliphatic heterocycles. The number of carbonyl (C=O) groups is 1. The number of hydrogen-bond donors (Lipinski definition) is 2. The smallest absolute Gasteiger partial charge is 0.255 e. The molecule has 0 aliphatic rings. The van der Waals surface area contributed by atoms with Crippen LogP contribution in [0, 0.1) is 0 Å². The Hall–Kier alpha value is -3.65. The van der Waals surface area contributed by atoms with Gasteiger partial charge in [0, 0.05) is 11.8 Å². The summed E-state index contributed by atoms with van der Waals surface area (Å²) in [5, 5.41) is 22.6. The van der Waals surface area contributed by atoms with Crippen LogP contribution in [-0.2, 0) is 0 Å². The standard InChI is InChI=1S/C19H13N5O2S/c25-16-9-8-13(11-15(16)21-18(26)12-5-2-1-3-6-12)22-23-19-14-7-4-10-20-17(14)24-27-19/h1-11,25H,(H,21,26)/b23-22+. The van der Waals surface area contributed by atoms with E-state index in [-0.39, 0.29) is 17.3 Å². The fourth-order valence-corrected chi connectivity index (χ4v) is 3.07. The highest BCUT2D eigenvalue weighted by Crippen LogP contribution is 2.33. The SMILES string of the molecule is O=C(Nc1cc(/N=N/c2snc3ncccc23)ccc1O)c1ccccc1. The van der Waals surface area contributed by atoms with Gasteiger partial charge in [-0.2, -0.15) is 4.37 Å². The lowest BCUT2D eigenvalue weighted by molar-refractivity contribution is 0.102. The van der Waals surface area contributed by atoms with Gasteiger partial charge in [0.05, 0.1) is 16.8 Å². The maximum atomic E-state index is 12.3. The Morgan fingerprint density at radius 1 is 1.04 bits per heavy atom. The highest BCUT2D eigenvalue weighted by molar-refractivity contribution is 7.11. The summed E-state index contributed by atoms with van der Waals surface area (Å²) in [4.78, 5) is 16.4. The molecule has 0 saturated heterocycles. The highest BCUT2D eigenvalue weighted by Gasteiger charge is 2.10. The molecule has 0 fully saturated rings. The number of anilines is 1. The van der Waals surface area contributed by atoms with Crippen LogP contribution in [-0.4, -0.2) is 20.4 Å². The van der Waals surface area contributed by atoms with Crippen molar-refractivity contribution in [1.29, 1.82) is 0 Å². The van der Waals surface area contributed by atoms with Gasteiger partial charge in [0.1, 0.15) is 5.75 Å². The molecule has 7 nitrogen and oxygen atoms in total. The Kier molecular flexibility index (Phi) is 4.54. The van der Waals surface area contributed by atoms with Gasteiger partial charge in [0.2, 0.25) is 0 Å². The van der Waals surface area contributed by atoms with E-state index in [9.17, 15) is 9.90 Å². The lowest BCUT2D eigenvalue weighted by atomic mass is 10.2. The number of nitrogens with one attached hydrogen (secondary N) is 1. The Morgan fingerprint density at radius 2 is 1.89 bits per heavy atom. The van der Waals surface area contributed by atoms with Crippen LogP contribution in [0.2, 0.25) is 0 Å². The molecule has 1 amide bonds. The van der Waals surface area contributed by atoms with Crippen molar-refractivity contribution in [3.63, 3.8) is 0 Å². The van der Waals surface area contributed by atoms with Crippen LogP contribution in [0.15, 0.2) is 77.1 Å². The number of aromatic hydroxyl groups is 1. The molecule has 4 rings (SSSR count). The van der Waals surface area contributed by atoms with E-state index in [0.717, 1.165) is 5.39 Å². The maximum Gasteiger partial charge on any atom is 0.255 e. The number of pyridine rings is 1. The van der Waals surface area contributed by atoms with Gasteiger partial charge in [-0.25, -0.2) is 4.98 Å². The number of nitrogens with zero attached hydrogens (tertiary/aromatic N) is 4. The van der Waals surface area contributed by atoms with Gasteiger partial charge >= 0.3 is 0 Å². The van der Waals surface area contributed by atoms with E-state index in [1.807, 2.05) is 18.2 Å². The third-order valence-electron chi connectivity index (χ3n) is 3.76. The molecule has 2 aromatic carbocycles. The maximum absolute atomic E-state index is 12.3. The van der Waals surface area contributed by atoms with Gasteiger partial charge in [-0.15, -0.1) is 10.2 Å². The fourth-order valence-electron chi connectivity index (χ4n) is 2.42. The van der Waals surface area contributed by atoms with E-state index in [1.54, 1.807) is 42.6 Å². The predicted octanol–water partition coefficient (Wildman–Crippen LogP) is 5.06. The second-order valence-electron chi connectivity index (χ2n) is 5.58. The Balaban J connectivity index is 1.58. The number of phenolic OH excluding ortho intramolecular Hbond substituents is 1. The molecule has 0 atom stereocenters. The van der Waals surface area contributed by atoms with Crippen LogP contribution in [0.3, 0.4) is 0 Å². The third-order valence-corrected chi connectivity index (χ3v) is 4.50. The Labute approximate surface area is 158 Å². The van der Waals surface area contributed by atoms with Crippen LogP contribution < -0.4 is 5.32 Å². The van der Waals surface area contributed by atoms with Crippen molar-refractivity contribution in [2.24, 2.45) is 10.2 Å². The first-order chi connectivity index (χ1) is 13.2. The van der Waals surface area contributed by atoms with Crippen molar-refractivity contribution in [3.05, 3.63) is 72.4 Å². The van der Waals surface area contributed by atoms with Gasteiger partial charge in [0.15, 0.2) is 10.6 Å². The van der Waals surface area contributed by atoms with Crippen molar-refractivity contribution in [1.82, 2.24) is 9.36 Å². The summed E-state index contributed by atoms with van der Waals surface area (Å²) in [5.41, 5.74) is 1.86. The van der Waals surface area contributed by atoms with E-state index >= 15 is 0 Å². The zero-order valence-electron chi connectivity index (χ0n) is 13.9. The molecule has 0 aliphatic carbocycles. The predicted molar refractivity (Wildman–Crippen MR) is 104 cm³/mol. The number of aromatic nitrogens is 2. The van der Waals surface area contributed by atoms with Crippen molar-refractivity contribution in [3.8, 4) is 5.75 Å². The van der Waals surface area contributed by atoms with E-state index in [0.29, 0.717) is 21.9 Å². The molecule has 2 heterocycles. The quantitative estimate of drug-likeness (QED) is 0.384. The highest BCUT2D eigenvalue weighted by atomic mass is 32.1. The first kappa shape index (κ1) is 16.8. The molecule has 2 N–H and O–H groups in total. The zero-order chi connectivity index (χ0) is 18.6. The van der Waals surface area contributed by atoms with Gasteiger partial charge in [-0.05, 0) is 54.0 Å². The van der Waals surface area contributed by atoms with Gasteiger partial charge < -0.3 is 10.4 Å². The minimum Gasteiger partial charge on any atom is -0.506 e. The summed E-state index contributed by atoms with van der Waals surface area (Å²) >= 11 is 1.21. The number of azo groups is 1. The molecule has 0 bridgehead atoms. The number of benzene rings is 2. The molecule has 27 heavy (non-hydrogen) atoms. The molecule has 8 heteroatoms. The van der Waals surface area contributed by atoms with Gasteiger partial charge in [0.25, 0.3) is 5.91 Å². The van der Waals surface area contributed by atoms with Crippen molar-refractivity contribution < 1.29 is 9.90 Å². The fraction of sp³-hybridized carbons (Fsp3) is 0. The van der Waals surface area contributed by atoms with Crippen LogP contribution in [0.5, 0.6) is 5.75 Å². The topological polar surface area (TPSA) is 99.8 Å². The molecular weight excluding hydrogens is 362 g/mol. The number of phenols is 1. The summed E-state index contributed by atoms with van der Waals surface area (Å²) in [6.45, 7) is 0. The molecular formula is C19H13N5O2S. The van der Waals surface area contributed by atoms with Crippen LogP contribution >= 0.6 is 11.5 Å². The van der Waals surface area contributed by atoms with E-state index in [2.05, 4.69) is 24.9 Å². The van der Waals surface area contributed by atoms with Crippen molar-refractivity contribution in [2.75, 3.05) is 5.32 Å². The second-order valence-corrected chi connectivity index (χ2v) is 6.34. The molecule has 132 valence electrons. The average molecular weight is 375 g/mol. The van der Waals surface area contributed by atoms with E-state index in [1.165, 1.54) is 17.6 Å². The summed E-state index contributed by atoms with van der Waals surface area (Å²) in [5.74, 6) is -0.370. The Bertz CT molecular complexity index is 1140. The van der Waals surface area contributed by atoms with Crippen molar-refractivity contribution >= 4 is 44.8 Å². The lowest BCUT2D eigenvalue weighted by Crippen LogP contribution is -2.11. The Morgan fingerprint density at radius 3 is 2.74 bits per heavy atom. The number of amides is 1. The normalized spacial score (nSPS) is 11.1. The number of carbonyl (C=O) groups excluding carboxylic acids is 1. The summed E-state index contributed by atoms with van der Waals surface area (Å²) in [6.07, 6.45) is 1.67. The molecule has 2 aromatic heterocycles. The molecule has 0 radical (unpaired) electrons. The third kappa shape index (κ3) is 3.65. The largest absolute Gasteiger partial charge is 0.506 e. The lowest BCUT2D eigenvalue weighted by Gasteiger charge is -2.07. The molecule has 0 spiro atoms. The summed E-state index contributed by atoms with van der Waals surface area (Å²) in [6, 6.07) is 17.1. The van der Waals surface area contributed by atoms with E-state index < -0.39 is 0 Å². The first-order valence-electron chi connectivity index (χ1n) is 8.02. The first-order valence-corrected chi connectivity index (χ1v) is 8.79. The van der Waals surface area contributed by atoms with Gasteiger partial charge in [-0.3, -0.25) is 4.79 Å². The minimum atomic E-state index is -0.320. The molecule has 4 aromatic rings. The monoisotopic (exact) mass is 375 g/mol. The van der Waals surface area contributed by atoms with Crippen LogP contribution in [0.1, 0.15) is 10.4 Å². The summed E-state index contributed by atoms with van der Waals surface area (Å²) in [7, 11) is 0. The van der Waals surface area contributed by atoms with E-state index in [4.69, 9.17) is 0 Å². The van der Waals surface area contributed by atoms with Crippen molar-refractivity contribution in [2.45, 2.75) is 0 Å². The number of hydrogen-bond acceptors (Lipinski definition) is 7. The second kappa shape index (κ2) is 7.30. The van der Waals surface area contributed by atoms with Gasteiger partial charge in [-0.1, -0.05) is 18.2 Å². The molecule has 0 unspecified atom stereocenters. The zero-order valence-corrected chi connectivity index (χ0v) is 14.7. The average Bonchev–Trinajstić information content (AvgIpc) is 3.12. The minimum absolute atomic E-state index is 0.0503. The molecule has 0 saturated carbocycles. The number of rotatable bonds is 4. The van der Waals surface area contributed by atoms with Crippen LogP contribution in [0.4, 0.5) is 16.4 Å². The van der Waals surface area contributed by atoms with Crippen LogP contribution in [0.25, 0.3) is 11.0 Å². The summed E-state index contributed by atoms with van der Waals surface area (Å²) < 4.78 is 4.22. The number of fused-ring (bicyclic) bond motifs is 1.